The number of hydrogen-bond acceptors (Lipinski definition) is 7. The van der Waals surface area contributed by atoms with Crippen molar-refractivity contribution < 1.29 is 19.7 Å². The van der Waals surface area contributed by atoms with E-state index < -0.39 is 23.0 Å². The third-order valence-electron chi connectivity index (χ3n) is 10.0. The van der Waals surface area contributed by atoms with Crippen LogP contribution in [0.1, 0.15) is 61.6 Å². The standard InChI is InChI=1S/C30H33N3O4S/c1-17(19-3-2-4-21(13-19)31-16-38)28(35)32-22-9-10-30(36)24-14-20-7-8-23(34)26-25(20)29(30,27(22)37-26)11-12-33(24)15-18-5-6-18/h2-4,7-8,13,17-18,22,24,27,34,36H,5-6,9-12,14-15H2,1H3,(H,32,35)/t17?,22?,24-,27?,29+,30-/m1/s1. The van der Waals surface area contributed by atoms with Crippen LogP contribution in [0.25, 0.3) is 0 Å². The Morgan fingerprint density at radius 2 is 2.13 bits per heavy atom. The van der Waals surface area contributed by atoms with E-state index in [4.69, 9.17) is 17.0 Å². The maximum Gasteiger partial charge on any atom is 0.227 e. The lowest BCUT2D eigenvalue weighted by Gasteiger charge is -2.64. The Kier molecular flexibility index (Phi) is 5.51. The maximum atomic E-state index is 13.5. The van der Waals surface area contributed by atoms with Crippen LogP contribution < -0.4 is 10.1 Å². The van der Waals surface area contributed by atoms with Crippen LogP contribution in [0.15, 0.2) is 41.4 Å². The number of likely N-dealkylation sites (tertiary alicyclic amines) is 1. The quantitative estimate of drug-likeness (QED) is 0.386. The summed E-state index contributed by atoms with van der Waals surface area (Å²) in [5, 5.41) is 29.1. The van der Waals surface area contributed by atoms with E-state index in [1.54, 1.807) is 6.07 Å². The largest absolute Gasteiger partial charge is 0.504 e. The van der Waals surface area contributed by atoms with E-state index in [9.17, 15) is 15.0 Å². The van der Waals surface area contributed by atoms with E-state index in [1.807, 2.05) is 37.3 Å². The second-order valence-corrected chi connectivity index (χ2v) is 12.1. The fourth-order valence-corrected chi connectivity index (χ4v) is 8.11. The number of thiocarbonyl (C=S) groups is 1. The van der Waals surface area contributed by atoms with Crippen LogP contribution >= 0.6 is 12.2 Å². The SMILES string of the molecule is CC(C(=O)NC1CC[C@@]2(O)[C@H]3Cc4ccc(O)c5c4[C@@]2(CCN3CC2CC2)C1O5)c1cccc(N=C=S)c1. The van der Waals surface area contributed by atoms with Crippen molar-refractivity contribution in [1.82, 2.24) is 10.2 Å². The van der Waals surface area contributed by atoms with Gasteiger partial charge in [0, 0.05) is 18.2 Å². The van der Waals surface area contributed by atoms with Crippen LogP contribution in [0, 0.1) is 5.92 Å². The molecule has 0 radical (unpaired) electrons. The number of carbonyl (C=O) groups is 1. The fourth-order valence-electron chi connectivity index (χ4n) is 8.00. The van der Waals surface area contributed by atoms with E-state index >= 15 is 0 Å². The van der Waals surface area contributed by atoms with Gasteiger partial charge in [-0.25, -0.2) is 0 Å². The number of rotatable bonds is 6. The molecule has 198 valence electrons. The molecule has 3 N–H and O–H groups in total. The Bertz CT molecular complexity index is 1370. The first-order valence-corrected chi connectivity index (χ1v) is 14.2. The van der Waals surface area contributed by atoms with Gasteiger partial charge in [-0.1, -0.05) is 18.2 Å². The number of aromatic hydroxyl groups is 1. The molecular formula is C30H33N3O4S. The minimum Gasteiger partial charge on any atom is -0.504 e. The number of amides is 1. The van der Waals surface area contributed by atoms with Gasteiger partial charge in [-0.2, -0.15) is 4.99 Å². The first kappa shape index (κ1) is 24.3. The normalized spacial score (nSPS) is 33.5. The summed E-state index contributed by atoms with van der Waals surface area (Å²) in [5.74, 6) is 0.858. The summed E-state index contributed by atoms with van der Waals surface area (Å²) in [5.41, 5.74) is 2.05. The van der Waals surface area contributed by atoms with Gasteiger partial charge in [0.05, 0.1) is 33.8 Å². The molecule has 38 heavy (non-hydrogen) atoms. The van der Waals surface area contributed by atoms with Gasteiger partial charge in [-0.3, -0.25) is 9.69 Å². The van der Waals surface area contributed by atoms with Gasteiger partial charge in [-0.05, 0) is 99.5 Å². The molecule has 3 fully saturated rings. The highest BCUT2D eigenvalue weighted by Crippen LogP contribution is 2.65. The Labute approximate surface area is 227 Å². The number of aliphatic hydroxyl groups is 1. The number of nitrogens with one attached hydrogen (secondary N) is 1. The van der Waals surface area contributed by atoms with E-state index in [1.165, 1.54) is 12.8 Å². The molecule has 3 unspecified atom stereocenters. The Morgan fingerprint density at radius 1 is 1.29 bits per heavy atom. The summed E-state index contributed by atoms with van der Waals surface area (Å²) < 4.78 is 6.58. The highest BCUT2D eigenvalue weighted by Gasteiger charge is 2.73. The number of aliphatic imine (C=N–C) groups is 1. The monoisotopic (exact) mass is 531 g/mol. The van der Waals surface area contributed by atoms with Crippen molar-refractivity contribution in [2.45, 2.75) is 80.6 Å². The molecule has 5 aliphatic rings. The second-order valence-electron chi connectivity index (χ2n) is 12.0. The Balaban J connectivity index is 1.22. The maximum absolute atomic E-state index is 13.5. The number of phenols is 1. The van der Waals surface area contributed by atoms with Crippen LogP contribution in [0.5, 0.6) is 11.5 Å². The van der Waals surface area contributed by atoms with Gasteiger partial charge in [-0.15, -0.1) is 0 Å². The van der Waals surface area contributed by atoms with Crippen molar-refractivity contribution >= 4 is 29.0 Å². The third kappa shape index (κ3) is 3.37. The lowest BCUT2D eigenvalue weighted by molar-refractivity contribution is -0.192. The van der Waals surface area contributed by atoms with E-state index in [-0.39, 0.29) is 23.7 Å². The van der Waals surface area contributed by atoms with Crippen molar-refractivity contribution in [1.29, 1.82) is 0 Å². The minimum atomic E-state index is -0.962. The van der Waals surface area contributed by atoms with Gasteiger partial charge in [0.15, 0.2) is 11.5 Å². The lowest BCUT2D eigenvalue weighted by atomic mass is 9.48. The summed E-state index contributed by atoms with van der Waals surface area (Å²) in [4.78, 5) is 20.1. The molecule has 2 heterocycles. The van der Waals surface area contributed by atoms with Crippen LogP contribution in [-0.4, -0.2) is 63.1 Å². The number of phenolic OH excluding ortho intramolecular Hbond substituents is 1. The van der Waals surface area contributed by atoms with Crippen LogP contribution in [0.2, 0.25) is 0 Å². The van der Waals surface area contributed by atoms with Gasteiger partial charge in [0.25, 0.3) is 0 Å². The number of piperidine rings is 1. The number of nitrogens with zero attached hydrogens (tertiary/aromatic N) is 2. The van der Waals surface area contributed by atoms with Gasteiger partial charge >= 0.3 is 0 Å². The molecule has 7 rings (SSSR count). The fraction of sp³-hybridized carbons (Fsp3) is 0.533. The zero-order chi connectivity index (χ0) is 26.2. The topological polar surface area (TPSA) is 94.4 Å². The Hall–Kier alpha value is -2.77. The van der Waals surface area contributed by atoms with Crippen molar-refractivity contribution in [2.75, 3.05) is 13.1 Å². The first-order valence-electron chi connectivity index (χ1n) is 13.8. The molecule has 1 spiro atoms. The lowest BCUT2D eigenvalue weighted by Crippen LogP contribution is -2.78. The summed E-state index contributed by atoms with van der Waals surface area (Å²) in [6, 6.07) is 10.9. The predicted molar refractivity (Wildman–Crippen MR) is 146 cm³/mol. The third-order valence-corrected chi connectivity index (χ3v) is 10.1. The molecule has 2 aromatic carbocycles. The first-order chi connectivity index (χ1) is 18.4. The van der Waals surface area contributed by atoms with Crippen molar-refractivity contribution in [3.63, 3.8) is 0 Å². The molecule has 1 saturated heterocycles. The molecular weight excluding hydrogens is 498 g/mol. The second kappa shape index (κ2) is 8.62. The predicted octanol–water partition coefficient (Wildman–Crippen LogP) is 3.98. The molecule has 2 aromatic rings. The number of isothiocyanates is 1. The van der Waals surface area contributed by atoms with Crippen molar-refractivity contribution in [2.24, 2.45) is 10.9 Å². The Morgan fingerprint density at radius 3 is 2.92 bits per heavy atom. The average molecular weight is 532 g/mol. The summed E-state index contributed by atoms with van der Waals surface area (Å²) in [7, 11) is 0. The van der Waals surface area contributed by atoms with Crippen molar-refractivity contribution in [3.05, 3.63) is 53.1 Å². The molecule has 2 saturated carbocycles. The van der Waals surface area contributed by atoms with Crippen molar-refractivity contribution in [3.8, 4) is 11.5 Å². The number of hydrogen-bond donors (Lipinski definition) is 3. The molecule has 6 atom stereocenters. The zero-order valence-corrected chi connectivity index (χ0v) is 22.3. The van der Waals surface area contributed by atoms with E-state index in [0.29, 0.717) is 24.3 Å². The van der Waals surface area contributed by atoms with Gasteiger partial charge < -0.3 is 20.3 Å². The van der Waals surface area contributed by atoms with E-state index in [0.717, 1.165) is 48.5 Å². The highest BCUT2D eigenvalue weighted by atomic mass is 32.1. The highest BCUT2D eigenvalue weighted by molar-refractivity contribution is 7.78. The van der Waals surface area contributed by atoms with Crippen LogP contribution in [-0.2, 0) is 16.6 Å². The number of carbonyl (C=O) groups excluding carboxylic acids is 1. The summed E-state index contributed by atoms with van der Waals surface area (Å²) >= 11 is 4.73. The van der Waals surface area contributed by atoms with Gasteiger partial charge in [0.1, 0.15) is 6.10 Å². The van der Waals surface area contributed by atoms with E-state index in [2.05, 4.69) is 20.4 Å². The minimum absolute atomic E-state index is 0.0194. The molecule has 8 heteroatoms. The van der Waals surface area contributed by atoms with Crippen LogP contribution in [0.3, 0.4) is 0 Å². The smallest absolute Gasteiger partial charge is 0.227 e. The molecule has 2 bridgehead atoms. The van der Waals surface area contributed by atoms with Crippen LogP contribution in [0.4, 0.5) is 5.69 Å². The molecule has 0 aromatic heterocycles. The average Bonchev–Trinajstić information content (AvgIpc) is 3.65. The number of benzene rings is 2. The molecule has 7 nitrogen and oxygen atoms in total. The number of ether oxygens (including phenoxy) is 1. The summed E-state index contributed by atoms with van der Waals surface area (Å²) in [6.07, 6.45) is 4.84. The molecule has 2 aliphatic heterocycles. The van der Waals surface area contributed by atoms with Gasteiger partial charge in [0.2, 0.25) is 5.91 Å². The molecule has 1 amide bonds. The zero-order valence-electron chi connectivity index (χ0n) is 21.5. The summed E-state index contributed by atoms with van der Waals surface area (Å²) in [6.45, 7) is 3.81. The molecule has 3 aliphatic carbocycles.